The first-order valence-corrected chi connectivity index (χ1v) is 4.99. The van der Waals surface area contributed by atoms with Crippen molar-refractivity contribution in [2.75, 3.05) is 0 Å². The fraction of sp³-hybridized carbons (Fsp3) is 0.364. The maximum atomic E-state index is 11.5. The quantitative estimate of drug-likeness (QED) is 0.792. The summed E-state index contributed by atoms with van der Waals surface area (Å²) in [6.45, 7) is 5.23. The number of benzene rings is 1. The second kappa shape index (κ2) is 4.53. The van der Waals surface area contributed by atoms with Gasteiger partial charge in [0.05, 0.1) is 6.10 Å². The minimum absolute atomic E-state index is 0.0966. The van der Waals surface area contributed by atoms with Gasteiger partial charge in [0.1, 0.15) is 11.3 Å². The van der Waals surface area contributed by atoms with E-state index in [9.17, 15) is 9.90 Å². The van der Waals surface area contributed by atoms with E-state index in [-0.39, 0.29) is 17.4 Å². The molecule has 82 valence electrons. The van der Waals surface area contributed by atoms with Gasteiger partial charge >= 0.3 is 5.97 Å². The van der Waals surface area contributed by atoms with E-state index >= 15 is 0 Å². The Labute approximate surface area is 93.6 Å². The van der Waals surface area contributed by atoms with E-state index in [1.165, 1.54) is 12.1 Å². The highest BCUT2D eigenvalue weighted by Gasteiger charge is 2.15. The first-order valence-electron chi connectivity index (χ1n) is 4.62. The van der Waals surface area contributed by atoms with Crippen molar-refractivity contribution in [2.24, 2.45) is 0 Å². The Hall–Kier alpha value is -1.22. The van der Waals surface area contributed by atoms with Crippen molar-refractivity contribution in [1.29, 1.82) is 0 Å². The van der Waals surface area contributed by atoms with Crippen molar-refractivity contribution in [3.63, 3.8) is 0 Å². The number of esters is 1. The smallest absolute Gasteiger partial charge is 0.342 e. The number of phenols is 1. The lowest BCUT2D eigenvalue weighted by Crippen LogP contribution is -2.11. The summed E-state index contributed by atoms with van der Waals surface area (Å²) in [6.07, 6.45) is -0.225. The van der Waals surface area contributed by atoms with Gasteiger partial charge in [0.15, 0.2) is 0 Å². The Bertz CT molecular complexity index is 386. The summed E-state index contributed by atoms with van der Waals surface area (Å²) in [7, 11) is 0. The van der Waals surface area contributed by atoms with Gasteiger partial charge in [0, 0.05) is 5.02 Å². The highest BCUT2D eigenvalue weighted by molar-refractivity contribution is 6.31. The molecule has 0 saturated carbocycles. The average molecular weight is 229 g/mol. The van der Waals surface area contributed by atoms with Gasteiger partial charge in [-0.05, 0) is 38.5 Å². The molecule has 0 radical (unpaired) electrons. The summed E-state index contributed by atoms with van der Waals surface area (Å²) in [6, 6.07) is 2.86. The van der Waals surface area contributed by atoms with Gasteiger partial charge in [0.2, 0.25) is 0 Å². The van der Waals surface area contributed by atoms with Crippen molar-refractivity contribution in [3.05, 3.63) is 28.3 Å². The van der Waals surface area contributed by atoms with Gasteiger partial charge in [0.25, 0.3) is 0 Å². The first-order chi connectivity index (χ1) is 6.91. The summed E-state index contributed by atoms with van der Waals surface area (Å²) < 4.78 is 4.95. The van der Waals surface area contributed by atoms with Gasteiger partial charge in [-0.15, -0.1) is 0 Å². The van der Waals surface area contributed by atoms with Crippen LogP contribution in [-0.2, 0) is 4.74 Å². The molecule has 0 fully saturated rings. The number of aromatic hydroxyl groups is 1. The standard InChI is InChI=1S/C11H13ClO3/c1-6(2)15-11(14)8-5-9(12)7(3)4-10(8)13/h4-6,13H,1-3H3. The van der Waals surface area contributed by atoms with Crippen LogP contribution in [0.5, 0.6) is 5.75 Å². The maximum Gasteiger partial charge on any atom is 0.342 e. The zero-order valence-corrected chi connectivity index (χ0v) is 9.63. The summed E-state index contributed by atoms with van der Waals surface area (Å²) >= 11 is 5.85. The van der Waals surface area contributed by atoms with E-state index in [2.05, 4.69) is 0 Å². The zero-order valence-electron chi connectivity index (χ0n) is 8.87. The molecule has 3 nitrogen and oxygen atoms in total. The third kappa shape index (κ3) is 2.86. The summed E-state index contributed by atoms with van der Waals surface area (Å²) in [5.74, 6) is -0.674. The van der Waals surface area contributed by atoms with Gasteiger partial charge in [-0.1, -0.05) is 11.6 Å². The Kier molecular flexibility index (Phi) is 3.58. The van der Waals surface area contributed by atoms with Crippen LogP contribution in [-0.4, -0.2) is 17.2 Å². The van der Waals surface area contributed by atoms with Crippen molar-refractivity contribution < 1.29 is 14.6 Å². The average Bonchev–Trinajstić information content (AvgIpc) is 2.09. The molecule has 0 saturated heterocycles. The van der Waals surface area contributed by atoms with E-state index in [0.717, 1.165) is 5.56 Å². The lowest BCUT2D eigenvalue weighted by atomic mass is 10.1. The first kappa shape index (κ1) is 11.9. The van der Waals surface area contributed by atoms with Crippen LogP contribution < -0.4 is 0 Å². The van der Waals surface area contributed by atoms with Crippen LogP contribution in [0, 0.1) is 6.92 Å². The van der Waals surface area contributed by atoms with Crippen LogP contribution in [0.1, 0.15) is 29.8 Å². The Morgan fingerprint density at radius 1 is 1.47 bits per heavy atom. The summed E-state index contributed by atoms with van der Waals surface area (Å²) in [5, 5.41) is 9.97. The van der Waals surface area contributed by atoms with E-state index in [1.54, 1.807) is 20.8 Å². The third-order valence-corrected chi connectivity index (χ3v) is 2.25. The molecule has 0 aliphatic carbocycles. The molecule has 1 rings (SSSR count). The molecule has 0 unspecified atom stereocenters. The normalized spacial score (nSPS) is 10.5. The molecular formula is C11H13ClO3. The highest BCUT2D eigenvalue weighted by Crippen LogP contribution is 2.26. The molecule has 0 aliphatic rings. The Morgan fingerprint density at radius 2 is 2.07 bits per heavy atom. The van der Waals surface area contributed by atoms with Crippen LogP contribution in [0.4, 0.5) is 0 Å². The molecule has 0 heterocycles. The van der Waals surface area contributed by atoms with E-state index < -0.39 is 5.97 Å². The van der Waals surface area contributed by atoms with Gasteiger partial charge in [-0.2, -0.15) is 0 Å². The number of hydrogen-bond donors (Lipinski definition) is 1. The Morgan fingerprint density at radius 3 is 2.60 bits per heavy atom. The molecule has 0 amide bonds. The fourth-order valence-electron chi connectivity index (χ4n) is 1.11. The van der Waals surface area contributed by atoms with E-state index in [0.29, 0.717) is 5.02 Å². The lowest BCUT2D eigenvalue weighted by molar-refractivity contribution is 0.0375. The molecule has 0 bridgehead atoms. The maximum absolute atomic E-state index is 11.5. The van der Waals surface area contributed by atoms with Crippen molar-refractivity contribution in [1.82, 2.24) is 0 Å². The Balaban J connectivity index is 3.04. The minimum Gasteiger partial charge on any atom is -0.507 e. The van der Waals surface area contributed by atoms with Crippen molar-refractivity contribution in [2.45, 2.75) is 26.9 Å². The molecular weight excluding hydrogens is 216 g/mol. The van der Waals surface area contributed by atoms with Crippen molar-refractivity contribution in [3.8, 4) is 5.75 Å². The molecule has 4 heteroatoms. The molecule has 0 aliphatic heterocycles. The summed E-state index contributed by atoms with van der Waals surface area (Å²) in [4.78, 5) is 11.5. The number of aryl methyl sites for hydroxylation is 1. The molecule has 15 heavy (non-hydrogen) atoms. The molecule has 0 aromatic heterocycles. The largest absolute Gasteiger partial charge is 0.507 e. The minimum atomic E-state index is -0.565. The number of carbonyl (C=O) groups is 1. The van der Waals surface area contributed by atoms with E-state index in [1.807, 2.05) is 0 Å². The molecule has 1 N–H and O–H groups in total. The number of carbonyl (C=O) groups excluding carboxylic acids is 1. The fourth-order valence-corrected chi connectivity index (χ4v) is 1.27. The number of halogens is 1. The monoisotopic (exact) mass is 228 g/mol. The topological polar surface area (TPSA) is 46.5 Å². The van der Waals surface area contributed by atoms with Crippen LogP contribution in [0.25, 0.3) is 0 Å². The molecule has 1 aromatic rings. The highest BCUT2D eigenvalue weighted by atomic mass is 35.5. The van der Waals surface area contributed by atoms with Crippen LogP contribution >= 0.6 is 11.6 Å². The number of ether oxygens (including phenoxy) is 1. The predicted octanol–water partition coefficient (Wildman–Crippen LogP) is 2.92. The van der Waals surface area contributed by atoms with Gasteiger partial charge in [-0.3, -0.25) is 0 Å². The van der Waals surface area contributed by atoms with Crippen LogP contribution in [0.15, 0.2) is 12.1 Å². The predicted molar refractivity (Wildman–Crippen MR) is 58.4 cm³/mol. The van der Waals surface area contributed by atoms with Crippen LogP contribution in [0.2, 0.25) is 5.02 Å². The number of rotatable bonds is 2. The zero-order chi connectivity index (χ0) is 11.6. The molecule has 0 spiro atoms. The second-order valence-corrected chi connectivity index (χ2v) is 3.98. The van der Waals surface area contributed by atoms with Gasteiger partial charge < -0.3 is 9.84 Å². The van der Waals surface area contributed by atoms with Crippen LogP contribution in [0.3, 0.4) is 0 Å². The van der Waals surface area contributed by atoms with Crippen molar-refractivity contribution >= 4 is 17.6 Å². The second-order valence-electron chi connectivity index (χ2n) is 3.57. The SMILES string of the molecule is Cc1cc(O)c(C(=O)OC(C)C)cc1Cl. The molecule has 1 aromatic carbocycles. The summed E-state index contributed by atoms with van der Waals surface area (Å²) in [5.41, 5.74) is 0.814. The molecule has 0 atom stereocenters. The third-order valence-electron chi connectivity index (χ3n) is 1.84. The number of hydrogen-bond acceptors (Lipinski definition) is 3. The van der Waals surface area contributed by atoms with Gasteiger partial charge in [-0.25, -0.2) is 4.79 Å². The van der Waals surface area contributed by atoms with E-state index in [4.69, 9.17) is 16.3 Å². The lowest BCUT2D eigenvalue weighted by Gasteiger charge is -2.10. The number of phenolic OH excluding ortho intramolecular Hbond substituents is 1.